The van der Waals surface area contributed by atoms with Crippen LogP contribution in [-0.2, 0) is 14.4 Å². The molecule has 0 bridgehead atoms. The molecule has 2 N–H and O–H groups in total. The molecule has 1 saturated carbocycles. The summed E-state index contributed by atoms with van der Waals surface area (Å²) < 4.78 is 1.30. The number of nitrogens with one attached hydrogen (secondary N) is 2. The minimum Gasteiger partial charge on any atom is -0.348 e. The molecule has 1 fully saturated rings. The van der Waals surface area contributed by atoms with Gasteiger partial charge in [0.05, 0.1) is 11.6 Å². The lowest BCUT2D eigenvalue weighted by atomic mass is 10.1. The number of aliphatic imine (C=N–C) groups is 2. The third kappa shape index (κ3) is 4.29. The fourth-order valence-corrected chi connectivity index (χ4v) is 3.22. The summed E-state index contributed by atoms with van der Waals surface area (Å²) in [5, 5.41) is 9.38. The van der Waals surface area contributed by atoms with Crippen molar-refractivity contribution in [1.82, 2.24) is 15.1 Å². The number of nitrogens with zero attached hydrogens (tertiary/aromatic N) is 4. The highest BCUT2D eigenvalue weighted by Gasteiger charge is 2.33. The van der Waals surface area contributed by atoms with Gasteiger partial charge in [-0.1, -0.05) is 19.8 Å². The molecule has 0 saturated heterocycles. The molecule has 144 valence electrons. The van der Waals surface area contributed by atoms with Crippen LogP contribution in [0.15, 0.2) is 16.1 Å². The highest BCUT2D eigenvalue weighted by molar-refractivity contribution is 6.39. The van der Waals surface area contributed by atoms with Gasteiger partial charge < -0.3 is 10.6 Å². The number of hydrogen-bond acceptors (Lipinski definition) is 5. The standard InChI is InChI=1S/C18H24N6O3/c1-3-4-5-9-19-16(26)17(27)21-14-10-11(2)23-24(14)18-20-13-8-6-7-12(13)15(25)22-18/h10,12H,3-9H2,1-2H3,(H,19,26)(H,21,27). The molecule has 1 aliphatic heterocycles. The normalized spacial score (nSPS) is 18.6. The molecule has 1 aliphatic carbocycles. The maximum Gasteiger partial charge on any atom is 0.314 e. The summed E-state index contributed by atoms with van der Waals surface area (Å²) in [4.78, 5) is 44.8. The van der Waals surface area contributed by atoms with E-state index in [0.29, 0.717) is 12.2 Å². The van der Waals surface area contributed by atoms with Crippen molar-refractivity contribution < 1.29 is 14.4 Å². The van der Waals surface area contributed by atoms with Gasteiger partial charge in [0.1, 0.15) is 5.82 Å². The van der Waals surface area contributed by atoms with E-state index >= 15 is 0 Å². The van der Waals surface area contributed by atoms with Gasteiger partial charge in [0.25, 0.3) is 11.9 Å². The SMILES string of the molecule is CCCCCNC(=O)C(=O)Nc1cc(C)nn1C1=NC(=O)C2CCCC2=N1. The molecule has 9 nitrogen and oxygen atoms in total. The van der Waals surface area contributed by atoms with Gasteiger partial charge in [-0.15, -0.1) is 0 Å². The van der Waals surface area contributed by atoms with E-state index in [9.17, 15) is 14.4 Å². The second-order valence-corrected chi connectivity index (χ2v) is 6.80. The molecule has 1 aromatic heterocycles. The van der Waals surface area contributed by atoms with Crippen molar-refractivity contribution in [2.75, 3.05) is 11.9 Å². The molecule has 27 heavy (non-hydrogen) atoms. The van der Waals surface area contributed by atoms with E-state index in [1.165, 1.54) is 4.68 Å². The van der Waals surface area contributed by atoms with Crippen LogP contribution in [0.1, 0.15) is 51.1 Å². The number of aryl methyl sites for hydroxylation is 1. The molecule has 9 heteroatoms. The maximum atomic E-state index is 12.2. The van der Waals surface area contributed by atoms with E-state index in [1.54, 1.807) is 13.0 Å². The maximum absolute atomic E-state index is 12.2. The van der Waals surface area contributed by atoms with E-state index in [4.69, 9.17) is 0 Å². The van der Waals surface area contributed by atoms with E-state index in [-0.39, 0.29) is 23.6 Å². The second kappa shape index (κ2) is 8.24. The molecule has 2 aliphatic rings. The monoisotopic (exact) mass is 372 g/mol. The molecule has 2 heterocycles. The number of rotatable bonds is 5. The number of hydrogen-bond donors (Lipinski definition) is 2. The Morgan fingerprint density at radius 1 is 1.26 bits per heavy atom. The van der Waals surface area contributed by atoms with E-state index in [2.05, 4.69) is 32.6 Å². The first-order valence-electron chi connectivity index (χ1n) is 9.35. The van der Waals surface area contributed by atoms with Crippen molar-refractivity contribution in [3.05, 3.63) is 11.8 Å². The fraction of sp³-hybridized carbons (Fsp3) is 0.556. The Labute approximate surface area is 157 Å². The largest absolute Gasteiger partial charge is 0.348 e. The highest BCUT2D eigenvalue weighted by atomic mass is 16.2. The number of anilines is 1. The van der Waals surface area contributed by atoms with Crippen LogP contribution in [0.5, 0.6) is 0 Å². The number of carbonyl (C=O) groups excluding carboxylic acids is 3. The lowest BCUT2D eigenvalue weighted by molar-refractivity contribution is -0.136. The van der Waals surface area contributed by atoms with E-state index in [0.717, 1.165) is 44.2 Å². The molecule has 1 aromatic rings. The van der Waals surface area contributed by atoms with Gasteiger partial charge in [-0.2, -0.15) is 14.8 Å². The zero-order valence-electron chi connectivity index (χ0n) is 15.6. The number of amides is 3. The van der Waals surface area contributed by atoms with Crippen molar-refractivity contribution in [2.45, 2.75) is 52.4 Å². The summed E-state index contributed by atoms with van der Waals surface area (Å²) in [6, 6.07) is 1.61. The first-order valence-corrected chi connectivity index (χ1v) is 9.35. The molecular formula is C18H24N6O3. The Hall–Kier alpha value is -2.84. The van der Waals surface area contributed by atoms with Crippen LogP contribution < -0.4 is 10.6 Å². The average Bonchev–Trinajstić information content (AvgIpc) is 3.25. The molecule has 3 rings (SSSR count). The Morgan fingerprint density at radius 3 is 2.85 bits per heavy atom. The Balaban J connectivity index is 1.72. The van der Waals surface area contributed by atoms with Crippen LogP contribution in [0.2, 0.25) is 0 Å². The van der Waals surface area contributed by atoms with Crippen LogP contribution in [0.3, 0.4) is 0 Å². The summed E-state index contributed by atoms with van der Waals surface area (Å²) in [6.07, 6.45) is 5.29. The number of aromatic nitrogens is 2. The van der Waals surface area contributed by atoms with Gasteiger partial charge in [-0.05, 0) is 32.6 Å². The predicted octanol–water partition coefficient (Wildman–Crippen LogP) is 1.42. The summed E-state index contributed by atoms with van der Waals surface area (Å²) >= 11 is 0. The van der Waals surface area contributed by atoms with Crippen molar-refractivity contribution in [3.63, 3.8) is 0 Å². The number of unbranched alkanes of at least 4 members (excludes halogenated alkanes) is 2. The minimum atomic E-state index is -0.790. The molecule has 1 unspecified atom stereocenters. The Bertz CT molecular complexity index is 823. The summed E-state index contributed by atoms with van der Waals surface area (Å²) in [6.45, 7) is 4.26. The topological polar surface area (TPSA) is 118 Å². The van der Waals surface area contributed by atoms with Gasteiger partial charge >= 0.3 is 11.8 Å². The zero-order valence-corrected chi connectivity index (χ0v) is 15.6. The van der Waals surface area contributed by atoms with Crippen molar-refractivity contribution in [2.24, 2.45) is 15.9 Å². The molecule has 0 aromatic carbocycles. The fourth-order valence-electron chi connectivity index (χ4n) is 3.22. The average molecular weight is 372 g/mol. The Kier molecular flexibility index (Phi) is 5.78. The first-order chi connectivity index (χ1) is 13.0. The van der Waals surface area contributed by atoms with Gasteiger partial charge in [-0.25, -0.2) is 4.99 Å². The van der Waals surface area contributed by atoms with Gasteiger partial charge in [0, 0.05) is 18.3 Å². The summed E-state index contributed by atoms with van der Waals surface area (Å²) in [5.74, 6) is -1.57. The van der Waals surface area contributed by atoms with Gasteiger partial charge in [0.15, 0.2) is 0 Å². The minimum absolute atomic E-state index is 0.125. The lowest BCUT2D eigenvalue weighted by Gasteiger charge is -2.15. The van der Waals surface area contributed by atoms with Crippen LogP contribution in [0, 0.1) is 12.8 Å². The molecule has 0 spiro atoms. The smallest absolute Gasteiger partial charge is 0.314 e. The highest BCUT2D eigenvalue weighted by Crippen LogP contribution is 2.27. The summed E-state index contributed by atoms with van der Waals surface area (Å²) in [7, 11) is 0. The van der Waals surface area contributed by atoms with Gasteiger partial charge in [-0.3, -0.25) is 14.4 Å². The molecule has 1 atom stereocenters. The van der Waals surface area contributed by atoms with Crippen molar-refractivity contribution >= 4 is 35.2 Å². The quantitative estimate of drug-likeness (QED) is 0.600. The van der Waals surface area contributed by atoms with E-state index in [1.807, 2.05) is 0 Å². The second-order valence-electron chi connectivity index (χ2n) is 6.80. The van der Waals surface area contributed by atoms with Crippen LogP contribution in [-0.4, -0.2) is 45.7 Å². The Morgan fingerprint density at radius 2 is 2.07 bits per heavy atom. The van der Waals surface area contributed by atoms with Crippen LogP contribution in [0.4, 0.5) is 5.82 Å². The van der Waals surface area contributed by atoms with Crippen LogP contribution in [0.25, 0.3) is 0 Å². The van der Waals surface area contributed by atoms with Crippen LogP contribution >= 0.6 is 0 Å². The first kappa shape index (κ1) is 18.9. The van der Waals surface area contributed by atoms with Crippen molar-refractivity contribution in [3.8, 4) is 0 Å². The van der Waals surface area contributed by atoms with E-state index < -0.39 is 11.8 Å². The molecule has 3 amide bonds. The number of fused-ring (bicyclic) bond motifs is 1. The predicted molar refractivity (Wildman–Crippen MR) is 101 cm³/mol. The number of carbonyl (C=O) groups is 3. The van der Waals surface area contributed by atoms with Crippen molar-refractivity contribution in [1.29, 1.82) is 0 Å². The summed E-state index contributed by atoms with van der Waals surface area (Å²) in [5.41, 5.74) is 1.42. The lowest BCUT2D eigenvalue weighted by Crippen LogP contribution is -2.37. The molecule has 0 radical (unpaired) electrons. The molecular weight excluding hydrogens is 348 g/mol. The zero-order chi connectivity index (χ0) is 19.4. The van der Waals surface area contributed by atoms with Gasteiger partial charge in [0.2, 0.25) is 0 Å². The third-order valence-corrected chi connectivity index (χ3v) is 4.61. The third-order valence-electron chi connectivity index (χ3n) is 4.61.